The Balaban J connectivity index is 1.61. The normalized spacial score (nSPS) is 12.4. The van der Waals surface area contributed by atoms with Crippen LogP contribution in [-0.4, -0.2) is 56.1 Å². The van der Waals surface area contributed by atoms with Gasteiger partial charge in [0.25, 0.3) is 5.91 Å². The largest absolute Gasteiger partial charge is 0.457 e. The first kappa shape index (κ1) is 30.0. The van der Waals surface area contributed by atoms with Crippen molar-refractivity contribution in [3.8, 4) is 23.3 Å². The fourth-order valence-corrected chi connectivity index (χ4v) is 4.30. The average molecular weight is 569 g/mol. The number of nitrogens with two attached hydrogens (primary N) is 1. The number of rotatable bonds is 10. The van der Waals surface area contributed by atoms with Gasteiger partial charge in [-0.3, -0.25) is 13.9 Å². The van der Waals surface area contributed by atoms with E-state index in [2.05, 4.69) is 15.3 Å². The molecule has 2 aromatic heterocycles. The topological polar surface area (TPSA) is 144 Å². The van der Waals surface area contributed by atoms with Gasteiger partial charge in [0, 0.05) is 24.0 Å². The van der Waals surface area contributed by atoms with Crippen molar-refractivity contribution in [3.05, 3.63) is 83.1 Å². The van der Waals surface area contributed by atoms with E-state index in [1.165, 1.54) is 15.5 Å². The van der Waals surface area contributed by atoms with Crippen molar-refractivity contribution in [1.82, 2.24) is 29.3 Å². The van der Waals surface area contributed by atoms with E-state index in [4.69, 9.17) is 10.5 Å². The molecule has 0 aliphatic heterocycles. The molecule has 2 heterocycles. The molecule has 42 heavy (non-hydrogen) atoms. The highest BCUT2D eigenvalue weighted by molar-refractivity contribution is 5.97. The first-order valence-electron chi connectivity index (χ1n) is 13.5. The number of nitriles is 1. The molecular weight excluding hydrogens is 532 g/mol. The standard InChI is InChI=1S/C31H36N8O3/c1-30(2,18-34-28(40)21(17-32)16-31(3,4)37(5)6)19-38-27-25(26(33)35-20-36-27)39(29(38)41)22-12-14-24(15-13-22)42-23-10-8-7-9-11-23/h7-16,20H,18-19H2,1-6H3,(H,34,40)(H2,33,35,36). The van der Waals surface area contributed by atoms with Gasteiger partial charge in [-0.05, 0) is 70.4 Å². The minimum atomic E-state index is -0.594. The molecule has 0 saturated heterocycles. The smallest absolute Gasteiger partial charge is 0.335 e. The quantitative estimate of drug-likeness (QED) is 0.217. The third-order valence-corrected chi connectivity index (χ3v) is 7.14. The number of aromatic nitrogens is 4. The van der Waals surface area contributed by atoms with Gasteiger partial charge in [0.05, 0.1) is 5.69 Å². The van der Waals surface area contributed by atoms with Crippen LogP contribution in [0.2, 0.25) is 0 Å². The van der Waals surface area contributed by atoms with Crippen LogP contribution < -0.4 is 21.5 Å². The van der Waals surface area contributed by atoms with Crippen molar-refractivity contribution in [2.24, 2.45) is 5.41 Å². The summed E-state index contributed by atoms with van der Waals surface area (Å²) in [6, 6.07) is 18.5. The van der Waals surface area contributed by atoms with Crippen molar-refractivity contribution in [2.45, 2.75) is 39.8 Å². The molecule has 2 aromatic carbocycles. The summed E-state index contributed by atoms with van der Waals surface area (Å²) in [7, 11) is 3.76. The summed E-state index contributed by atoms with van der Waals surface area (Å²) in [5.74, 6) is 1.01. The van der Waals surface area contributed by atoms with Crippen molar-refractivity contribution >= 4 is 22.9 Å². The highest BCUT2D eigenvalue weighted by atomic mass is 16.5. The molecule has 11 heteroatoms. The second-order valence-electron chi connectivity index (χ2n) is 11.6. The predicted molar refractivity (Wildman–Crippen MR) is 162 cm³/mol. The molecule has 0 bridgehead atoms. The van der Waals surface area contributed by atoms with Gasteiger partial charge in [-0.15, -0.1) is 0 Å². The molecule has 0 fully saturated rings. The van der Waals surface area contributed by atoms with Crippen LogP contribution >= 0.6 is 0 Å². The Morgan fingerprint density at radius 3 is 2.33 bits per heavy atom. The number of carbonyl (C=O) groups excluding carboxylic acids is 1. The SMILES string of the molecule is CN(C)C(C)(C)C=C(C#N)C(=O)NCC(C)(C)Cn1c(=O)n(-c2ccc(Oc3ccccc3)cc2)c2c(N)ncnc21. The molecule has 0 spiro atoms. The molecule has 0 aliphatic carbocycles. The van der Waals surface area contributed by atoms with E-state index in [1.807, 2.05) is 83.1 Å². The lowest BCUT2D eigenvalue weighted by Gasteiger charge is -2.29. The fraction of sp³-hybridized carbons (Fsp3) is 0.323. The maximum atomic E-state index is 13.8. The molecule has 0 saturated carbocycles. The monoisotopic (exact) mass is 568 g/mol. The van der Waals surface area contributed by atoms with Crippen molar-refractivity contribution < 1.29 is 9.53 Å². The molecule has 218 valence electrons. The third-order valence-electron chi connectivity index (χ3n) is 7.14. The van der Waals surface area contributed by atoms with Crippen LogP contribution in [0.4, 0.5) is 5.82 Å². The Kier molecular flexibility index (Phi) is 8.49. The molecule has 0 atom stereocenters. The molecule has 11 nitrogen and oxygen atoms in total. The first-order valence-corrected chi connectivity index (χ1v) is 13.5. The van der Waals surface area contributed by atoms with E-state index in [0.29, 0.717) is 28.4 Å². The van der Waals surface area contributed by atoms with Crippen molar-refractivity contribution in [3.63, 3.8) is 0 Å². The first-order chi connectivity index (χ1) is 19.8. The van der Waals surface area contributed by atoms with Gasteiger partial charge in [-0.1, -0.05) is 32.0 Å². The van der Waals surface area contributed by atoms with Gasteiger partial charge < -0.3 is 20.7 Å². The summed E-state index contributed by atoms with van der Waals surface area (Å²) in [6.45, 7) is 8.10. The summed E-state index contributed by atoms with van der Waals surface area (Å²) in [5.41, 5.74) is 6.18. The van der Waals surface area contributed by atoms with E-state index >= 15 is 0 Å². The maximum absolute atomic E-state index is 13.8. The van der Waals surface area contributed by atoms with Gasteiger partial charge >= 0.3 is 5.69 Å². The highest BCUT2D eigenvalue weighted by Crippen LogP contribution is 2.26. The number of amides is 1. The minimum Gasteiger partial charge on any atom is -0.457 e. The number of imidazole rings is 1. The second-order valence-corrected chi connectivity index (χ2v) is 11.6. The Labute approximate surface area is 244 Å². The lowest BCUT2D eigenvalue weighted by molar-refractivity contribution is -0.117. The Hall–Kier alpha value is -4.95. The lowest BCUT2D eigenvalue weighted by Crippen LogP contribution is -2.40. The molecule has 4 rings (SSSR count). The van der Waals surface area contributed by atoms with Gasteiger partial charge in [0.15, 0.2) is 11.5 Å². The minimum absolute atomic E-state index is 0.0264. The zero-order valence-corrected chi connectivity index (χ0v) is 24.8. The highest BCUT2D eigenvalue weighted by Gasteiger charge is 2.27. The number of nitrogens with one attached hydrogen (secondary N) is 1. The molecule has 0 unspecified atom stereocenters. The number of benzene rings is 2. The van der Waals surface area contributed by atoms with Gasteiger partial charge in [-0.25, -0.2) is 14.8 Å². The zero-order chi connectivity index (χ0) is 30.7. The number of nitrogens with zero attached hydrogens (tertiary/aromatic N) is 6. The summed E-state index contributed by atoms with van der Waals surface area (Å²) >= 11 is 0. The molecule has 4 aromatic rings. The van der Waals surface area contributed by atoms with Gasteiger partial charge in [-0.2, -0.15) is 5.26 Å². The number of nitrogen functional groups attached to an aromatic ring is 1. The molecule has 0 aliphatic rings. The summed E-state index contributed by atoms with van der Waals surface area (Å²) in [5, 5.41) is 12.5. The van der Waals surface area contributed by atoms with Crippen LogP contribution in [0.5, 0.6) is 11.5 Å². The fourth-order valence-electron chi connectivity index (χ4n) is 4.30. The van der Waals surface area contributed by atoms with Crippen molar-refractivity contribution in [1.29, 1.82) is 5.26 Å². The summed E-state index contributed by atoms with van der Waals surface area (Å²) in [6.07, 6.45) is 2.96. The lowest BCUT2D eigenvalue weighted by atomic mass is 9.93. The number of hydrogen-bond acceptors (Lipinski definition) is 8. The second kappa shape index (κ2) is 11.9. The van der Waals surface area contributed by atoms with Gasteiger partial charge in [0.2, 0.25) is 0 Å². The van der Waals surface area contributed by atoms with E-state index in [9.17, 15) is 14.9 Å². The molecule has 1 amide bonds. The van der Waals surface area contributed by atoms with Crippen LogP contribution in [0.1, 0.15) is 27.7 Å². The van der Waals surface area contributed by atoms with E-state index in [-0.39, 0.29) is 30.2 Å². The number of fused-ring (bicyclic) bond motifs is 1. The number of para-hydroxylation sites is 1. The number of anilines is 1. The number of ether oxygens (including phenoxy) is 1. The summed E-state index contributed by atoms with van der Waals surface area (Å²) in [4.78, 5) is 37.1. The number of carbonyl (C=O) groups is 1. The average Bonchev–Trinajstić information content (AvgIpc) is 3.23. The van der Waals surface area contributed by atoms with Crippen LogP contribution in [0.3, 0.4) is 0 Å². The van der Waals surface area contributed by atoms with E-state index in [0.717, 1.165) is 0 Å². The van der Waals surface area contributed by atoms with Crippen LogP contribution in [-0.2, 0) is 11.3 Å². The van der Waals surface area contributed by atoms with Crippen LogP contribution in [0, 0.1) is 16.7 Å². The Bertz CT molecular complexity index is 1710. The molecule has 0 radical (unpaired) electrons. The Morgan fingerprint density at radius 2 is 1.71 bits per heavy atom. The summed E-state index contributed by atoms with van der Waals surface area (Å²) < 4.78 is 8.90. The Morgan fingerprint density at radius 1 is 1.07 bits per heavy atom. The van der Waals surface area contributed by atoms with E-state index in [1.54, 1.807) is 30.3 Å². The van der Waals surface area contributed by atoms with Gasteiger partial charge in [0.1, 0.15) is 35.0 Å². The van der Waals surface area contributed by atoms with Crippen molar-refractivity contribution in [2.75, 3.05) is 26.4 Å². The number of hydrogen-bond donors (Lipinski definition) is 2. The predicted octanol–water partition coefficient (Wildman–Crippen LogP) is 3.89. The molecule has 3 N–H and O–H groups in total. The number of likely N-dealkylation sites (N-methyl/N-ethyl adjacent to an activating group) is 1. The van der Waals surface area contributed by atoms with E-state index < -0.39 is 16.9 Å². The third kappa shape index (κ3) is 6.50. The zero-order valence-electron chi connectivity index (χ0n) is 24.8. The van der Waals surface area contributed by atoms with Crippen LogP contribution in [0.15, 0.2) is 77.4 Å². The maximum Gasteiger partial charge on any atom is 0.335 e. The molecular formula is C31H36N8O3. The van der Waals surface area contributed by atoms with Crippen LogP contribution in [0.25, 0.3) is 16.9 Å².